The molecule has 0 bridgehead atoms. The van der Waals surface area contributed by atoms with E-state index in [1.54, 1.807) is 0 Å². The van der Waals surface area contributed by atoms with Gasteiger partial charge in [-0.05, 0) is 51.9 Å². The van der Waals surface area contributed by atoms with E-state index in [0.717, 1.165) is 25.2 Å². The monoisotopic (exact) mass is 225 g/mol. The molecular formula is C14H27NO. The second-order valence-electron chi connectivity index (χ2n) is 5.85. The zero-order valence-electron chi connectivity index (χ0n) is 11.3. The van der Waals surface area contributed by atoms with Crippen LogP contribution in [-0.2, 0) is 4.79 Å². The molecule has 2 heteroatoms. The Morgan fingerprint density at radius 2 is 1.75 bits per heavy atom. The fourth-order valence-electron chi connectivity index (χ4n) is 2.36. The lowest BCUT2D eigenvalue weighted by atomic mass is 9.80. The first-order chi connectivity index (χ1) is 7.48. The molecule has 0 atom stereocenters. The number of carbonyl (C=O) groups excluding carboxylic acids is 1. The third kappa shape index (κ3) is 3.80. The van der Waals surface area contributed by atoms with Crippen molar-refractivity contribution in [3.05, 3.63) is 0 Å². The van der Waals surface area contributed by atoms with Gasteiger partial charge >= 0.3 is 0 Å². The van der Waals surface area contributed by atoms with E-state index in [2.05, 4.69) is 33.0 Å². The molecule has 1 aliphatic carbocycles. The minimum atomic E-state index is -0.0430. The van der Waals surface area contributed by atoms with Crippen molar-refractivity contribution in [2.75, 3.05) is 0 Å². The molecule has 1 rings (SSSR count). The summed E-state index contributed by atoms with van der Waals surface area (Å²) in [5, 5.41) is 3.17. The average Bonchev–Trinajstić information content (AvgIpc) is 2.28. The molecule has 0 aliphatic heterocycles. The van der Waals surface area contributed by atoms with Crippen molar-refractivity contribution in [1.29, 1.82) is 0 Å². The highest BCUT2D eigenvalue weighted by molar-refractivity contribution is 5.79. The lowest BCUT2D eigenvalue weighted by Gasteiger charge is -2.31. The van der Waals surface area contributed by atoms with Crippen LogP contribution in [0.15, 0.2) is 0 Å². The highest BCUT2D eigenvalue weighted by atomic mass is 16.2. The van der Waals surface area contributed by atoms with Crippen LogP contribution in [0, 0.1) is 11.8 Å². The normalized spacial score (nSPS) is 26.5. The molecule has 0 spiro atoms. The van der Waals surface area contributed by atoms with Gasteiger partial charge in [0.15, 0.2) is 0 Å². The van der Waals surface area contributed by atoms with Gasteiger partial charge in [-0.2, -0.15) is 0 Å². The van der Waals surface area contributed by atoms with E-state index in [-0.39, 0.29) is 17.4 Å². The maximum Gasteiger partial charge on any atom is 0.223 e. The maximum absolute atomic E-state index is 12.1. The lowest BCUT2D eigenvalue weighted by molar-refractivity contribution is -0.127. The molecule has 0 unspecified atom stereocenters. The van der Waals surface area contributed by atoms with Crippen LogP contribution in [0.5, 0.6) is 0 Å². The van der Waals surface area contributed by atoms with Crippen LogP contribution in [0.4, 0.5) is 0 Å². The van der Waals surface area contributed by atoms with E-state index in [1.807, 2.05) is 0 Å². The lowest BCUT2D eigenvalue weighted by Crippen LogP contribution is -2.46. The average molecular weight is 225 g/mol. The summed E-state index contributed by atoms with van der Waals surface area (Å²) in [5.74, 6) is 1.42. The van der Waals surface area contributed by atoms with Gasteiger partial charge in [0.2, 0.25) is 5.91 Å². The summed E-state index contributed by atoms with van der Waals surface area (Å²) < 4.78 is 0. The van der Waals surface area contributed by atoms with Crippen LogP contribution in [0.3, 0.4) is 0 Å². The van der Waals surface area contributed by atoms with E-state index in [0.29, 0.717) is 0 Å². The minimum absolute atomic E-state index is 0.0430. The molecule has 16 heavy (non-hydrogen) atoms. The Bertz CT molecular complexity index is 227. The number of rotatable bonds is 4. The highest BCUT2D eigenvalue weighted by Crippen LogP contribution is 2.31. The van der Waals surface area contributed by atoms with Crippen molar-refractivity contribution in [2.45, 2.75) is 71.8 Å². The Balaban J connectivity index is 2.39. The molecule has 1 N–H and O–H groups in total. The molecule has 0 radical (unpaired) electrons. The van der Waals surface area contributed by atoms with Gasteiger partial charge in [0.1, 0.15) is 0 Å². The van der Waals surface area contributed by atoms with Crippen LogP contribution in [0.25, 0.3) is 0 Å². The van der Waals surface area contributed by atoms with Gasteiger partial charge < -0.3 is 5.32 Å². The van der Waals surface area contributed by atoms with Crippen LogP contribution >= 0.6 is 0 Å². The molecule has 0 heterocycles. The maximum atomic E-state index is 12.1. The van der Waals surface area contributed by atoms with Crippen LogP contribution in [0.2, 0.25) is 0 Å². The summed E-state index contributed by atoms with van der Waals surface area (Å²) in [4.78, 5) is 12.1. The second kappa shape index (κ2) is 5.70. The van der Waals surface area contributed by atoms with E-state index >= 15 is 0 Å². The Labute approximate surface area is 100 Å². The summed E-state index contributed by atoms with van der Waals surface area (Å²) in [6.07, 6.45) is 6.91. The predicted octanol–water partition coefficient (Wildman–Crippen LogP) is 3.51. The Kier molecular flexibility index (Phi) is 4.82. The number of nitrogens with one attached hydrogen (secondary N) is 1. The van der Waals surface area contributed by atoms with Gasteiger partial charge in [-0.3, -0.25) is 4.79 Å². The van der Waals surface area contributed by atoms with Gasteiger partial charge in [0.05, 0.1) is 0 Å². The van der Waals surface area contributed by atoms with Gasteiger partial charge in [0, 0.05) is 11.5 Å². The summed E-state index contributed by atoms with van der Waals surface area (Å²) >= 11 is 0. The summed E-state index contributed by atoms with van der Waals surface area (Å²) in [6.45, 7) is 8.57. The largest absolute Gasteiger partial charge is 0.351 e. The standard InChI is InChI=1S/C14H27NO/c1-5-11-7-9-12(10-8-11)13(16)15-14(3,4)6-2/h11-12H,5-10H2,1-4H3,(H,15,16). The van der Waals surface area contributed by atoms with E-state index in [9.17, 15) is 4.79 Å². The first kappa shape index (κ1) is 13.5. The van der Waals surface area contributed by atoms with Crippen LogP contribution in [-0.4, -0.2) is 11.4 Å². The molecule has 1 amide bonds. The molecule has 0 aromatic carbocycles. The van der Waals surface area contributed by atoms with E-state index in [4.69, 9.17) is 0 Å². The topological polar surface area (TPSA) is 29.1 Å². The van der Waals surface area contributed by atoms with E-state index < -0.39 is 0 Å². The summed E-state index contributed by atoms with van der Waals surface area (Å²) in [7, 11) is 0. The quantitative estimate of drug-likeness (QED) is 0.779. The SMILES string of the molecule is CCC1CCC(C(=O)NC(C)(C)CC)CC1. The molecule has 0 aromatic heterocycles. The Hall–Kier alpha value is -0.530. The van der Waals surface area contributed by atoms with Crippen LogP contribution < -0.4 is 5.32 Å². The van der Waals surface area contributed by atoms with Gasteiger partial charge in [0.25, 0.3) is 0 Å². The first-order valence-corrected chi connectivity index (χ1v) is 6.80. The zero-order chi connectivity index (χ0) is 12.2. The molecule has 0 aromatic rings. The van der Waals surface area contributed by atoms with Crippen LogP contribution in [0.1, 0.15) is 66.2 Å². The van der Waals surface area contributed by atoms with Crippen molar-refractivity contribution in [1.82, 2.24) is 5.32 Å². The van der Waals surface area contributed by atoms with Gasteiger partial charge in [-0.15, -0.1) is 0 Å². The molecule has 1 fully saturated rings. The number of hydrogen-bond acceptors (Lipinski definition) is 1. The Morgan fingerprint density at radius 1 is 1.19 bits per heavy atom. The molecule has 2 nitrogen and oxygen atoms in total. The van der Waals surface area contributed by atoms with Gasteiger partial charge in [-0.25, -0.2) is 0 Å². The molecule has 94 valence electrons. The van der Waals surface area contributed by atoms with Crippen molar-refractivity contribution in [3.63, 3.8) is 0 Å². The van der Waals surface area contributed by atoms with Gasteiger partial charge in [-0.1, -0.05) is 20.3 Å². The van der Waals surface area contributed by atoms with Crippen molar-refractivity contribution in [3.8, 4) is 0 Å². The number of hydrogen-bond donors (Lipinski definition) is 1. The first-order valence-electron chi connectivity index (χ1n) is 6.80. The highest BCUT2D eigenvalue weighted by Gasteiger charge is 2.28. The second-order valence-corrected chi connectivity index (χ2v) is 5.85. The third-order valence-corrected chi connectivity index (χ3v) is 4.14. The number of carbonyl (C=O) groups is 1. The smallest absolute Gasteiger partial charge is 0.223 e. The van der Waals surface area contributed by atoms with Crippen molar-refractivity contribution in [2.24, 2.45) is 11.8 Å². The van der Waals surface area contributed by atoms with E-state index in [1.165, 1.54) is 19.3 Å². The predicted molar refractivity (Wildman–Crippen MR) is 68.3 cm³/mol. The fraction of sp³-hybridized carbons (Fsp3) is 0.929. The van der Waals surface area contributed by atoms with Crippen molar-refractivity contribution < 1.29 is 4.79 Å². The molecular weight excluding hydrogens is 198 g/mol. The van der Waals surface area contributed by atoms with Crippen molar-refractivity contribution >= 4 is 5.91 Å². The zero-order valence-corrected chi connectivity index (χ0v) is 11.3. The third-order valence-electron chi connectivity index (χ3n) is 4.14. The molecule has 1 saturated carbocycles. The minimum Gasteiger partial charge on any atom is -0.351 e. The summed E-state index contributed by atoms with van der Waals surface area (Å²) in [5.41, 5.74) is -0.0430. The molecule has 0 saturated heterocycles. The fourth-order valence-corrected chi connectivity index (χ4v) is 2.36. The Morgan fingerprint density at radius 3 is 2.19 bits per heavy atom. The molecule has 1 aliphatic rings. The summed E-state index contributed by atoms with van der Waals surface area (Å²) in [6, 6.07) is 0. The number of amides is 1.